The van der Waals surface area contributed by atoms with Crippen LogP contribution in [0.1, 0.15) is 10.4 Å². The number of carbonyl (C=O) groups is 1. The van der Waals surface area contributed by atoms with Crippen molar-refractivity contribution in [2.45, 2.75) is 0 Å². The van der Waals surface area contributed by atoms with E-state index in [1.807, 2.05) is 0 Å². The molecule has 0 aliphatic rings. The topological polar surface area (TPSA) is 80.7 Å². The summed E-state index contributed by atoms with van der Waals surface area (Å²) in [6.45, 7) is 0. The van der Waals surface area contributed by atoms with E-state index in [2.05, 4.69) is 25.5 Å². The summed E-state index contributed by atoms with van der Waals surface area (Å²) >= 11 is 11.3. The Balaban J connectivity index is 2.19. The van der Waals surface area contributed by atoms with Crippen molar-refractivity contribution in [3.05, 3.63) is 40.5 Å². The Morgan fingerprint density at radius 1 is 1.24 bits per heavy atom. The minimum atomic E-state index is -0.384. The second kappa shape index (κ2) is 5.03. The molecule has 2 rings (SSSR count). The van der Waals surface area contributed by atoms with Gasteiger partial charge in [0.05, 0.1) is 18.0 Å². The molecule has 2 aromatic rings. The first-order chi connectivity index (χ1) is 8.15. The molecule has 6 nitrogen and oxygen atoms in total. The van der Waals surface area contributed by atoms with Gasteiger partial charge in [-0.1, -0.05) is 11.6 Å². The Kier molecular flexibility index (Phi) is 3.46. The van der Waals surface area contributed by atoms with E-state index in [0.717, 1.165) is 0 Å². The lowest BCUT2D eigenvalue weighted by Gasteiger charge is -2.04. The lowest BCUT2D eigenvalue weighted by atomic mass is 10.3. The summed E-state index contributed by atoms with van der Waals surface area (Å²) in [6.07, 6.45) is 2.74. The maximum Gasteiger partial charge on any atom is 0.258 e. The summed E-state index contributed by atoms with van der Waals surface area (Å²) in [6, 6.07) is 2.91. The Morgan fingerprint density at radius 3 is 2.71 bits per heavy atom. The monoisotopic (exact) mass is 269 g/mol. The third-order valence-corrected chi connectivity index (χ3v) is 2.12. The van der Waals surface area contributed by atoms with Crippen molar-refractivity contribution in [3.63, 3.8) is 0 Å². The summed E-state index contributed by atoms with van der Waals surface area (Å²) in [5, 5.41) is 9.77. The standard InChI is InChI=1S/C9H5Cl2N5O/c10-6-3-7(16-9(11)14-6)15-8(17)5-1-2-12-13-4-5/h1-4H,(H,14,15,16,17). The number of hydrogen-bond donors (Lipinski definition) is 1. The van der Waals surface area contributed by atoms with Crippen molar-refractivity contribution in [2.24, 2.45) is 0 Å². The van der Waals surface area contributed by atoms with Crippen molar-refractivity contribution in [1.29, 1.82) is 0 Å². The molecule has 2 heterocycles. The first-order valence-corrected chi connectivity index (χ1v) is 5.19. The average Bonchev–Trinajstić information content (AvgIpc) is 2.28. The minimum Gasteiger partial charge on any atom is -0.306 e. The molecule has 0 saturated heterocycles. The van der Waals surface area contributed by atoms with Gasteiger partial charge in [-0.15, -0.1) is 0 Å². The van der Waals surface area contributed by atoms with E-state index in [1.165, 1.54) is 24.5 Å². The van der Waals surface area contributed by atoms with Crippen LogP contribution in [0.25, 0.3) is 0 Å². The number of rotatable bonds is 2. The molecular weight excluding hydrogens is 265 g/mol. The van der Waals surface area contributed by atoms with E-state index >= 15 is 0 Å². The van der Waals surface area contributed by atoms with Crippen LogP contribution in [0.3, 0.4) is 0 Å². The predicted molar refractivity (Wildman–Crippen MR) is 62.0 cm³/mol. The quantitative estimate of drug-likeness (QED) is 0.665. The molecular formula is C9H5Cl2N5O. The first-order valence-electron chi connectivity index (χ1n) is 4.43. The molecule has 0 fully saturated rings. The van der Waals surface area contributed by atoms with Crippen LogP contribution >= 0.6 is 23.2 Å². The van der Waals surface area contributed by atoms with Crippen molar-refractivity contribution in [3.8, 4) is 0 Å². The van der Waals surface area contributed by atoms with E-state index < -0.39 is 0 Å². The molecule has 1 N–H and O–H groups in total. The van der Waals surface area contributed by atoms with Crippen LogP contribution < -0.4 is 5.32 Å². The number of halogens is 2. The zero-order valence-electron chi connectivity index (χ0n) is 8.26. The van der Waals surface area contributed by atoms with Crippen LogP contribution in [0.4, 0.5) is 5.82 Å². The summed E-state index contributed by atoms with van der Waals surface area (Å²) in [5.41, 5.74) is 0.353. The van der Waals surface area contributed by atoms with Crippen molar-refractivity contribution in [1.82, 2.24) is 20.2 Å². The molecule has 0 unspecified atom stereocenters. The van der Waals surface area contributed by atoms with Crippen LogP contribution in [0.15, 0.2) is 24.5 Å². The highest BCUT2D eigenvalue weighted by molar-refractivity contribution is 6.32. The van der Waals surface area contributed by atoms with Gasteiger partial charge in [0.2, 0.25) is 5.28 Å². The third-order valence-electron chi connectivity index (χ3n) is 1.76. The Morgan fingerprint density at radius 2 is 2.06 bits per heavy atom. The maximum atomic E-state index is 11.7. The Labute approximate surface area is 106 Å². The lowest BCUT2D eigenvalue weighted by molar-refractivity contribution is 0.102. The SMILES string of the molecule is O=C(Nc1cc(Cl)nc(Cl)n1)c1ccnnc1. The van der Waals surface area contributed by atoms with Crippen LogP contribution in [0.5, 0.6) is 0 Å². The van der Waals surface area contributed by atoms with Gasteiger partial charge in [0.15, 0.2) is 0 Å². The van der Waals surface area contributed by atoms with Gasteiger partial charge in [-0.05, 0) is 17.7 Å². The minimum absolute atomic E-state index is 0.0411. The van der Waals surface area contributed by atoms with Crippen LogP contribution in [0, 0.1) is 0 Å². The number of nitrogens with one attached hydrogen (secondary N) is 1. The number of carbonyl (C=O) groups excluding carboxylic acids is 1. The highest BCUT2D eigenvalue weighted by atomic mass is 35.5. The van der Waals surface area contributed by atoms with Crippen LogP contribution in [0.2, 0.25) is 10.4 Å². The summed E-state index contributed by atoms with van der Waals surface area (Å²) in [4.78, 5) is 19.2. The molecule has 0 aromatic carbocycles. The molecule has 86 valence electrons. The zero-order valence-corrected chi connectivity index (χ0v) is 9.77. The van der Waals surface area contributed by atoms with Gasteiger partial charge in [-0.2, -0.15) is 10.2 Å². The molecule has 0 bridgehead atoms. The summed E-state index contributed by atoms with van der Waals surface area (Å²) in [5.74, 6) is -0.164. The number of anilines is 1. The van der Waals surface area contributed by atoms with E-state index in [1.54, 1.807) is 0 Å². The van der Waals surface area contributed by atoms with Gasteiger partial charge in [-0.25, -0.2) is 9.97 Å². The van der Waals surface area contributed by atoms with Gasteiger partial charge in [-0.3, -0.25) is 4.79 Å². The molecule has 0 aliphatic heterocycles. The second-order valence-electron chi connectivity index (χ2n) is 2.93. The van der Waals surface area contributed by atoms with E-state index in [9.17, 15) is 4.79 Å². The van der Waals surface area contributed by atoms with Crippen molar-refractivity contribution in [2.75, 3.05) is 5.32 Å². The van der Waals surface area contributed by atoms with Gasteiger partial charge in [0.25, 0.3) is 5.91 Å². The number of hydrogen-bond acceptors (Lipinski definition) is 5. The predicted octanol–water partition coefficient (Wildman–Crippen LogP) is 1.83. The van der Waals surface area contributed by atoms with E-state index in [-0.39, 0.29) is 22.2 Å². The molecule has 8 heteroatoms. The molecule has 0 radical (unpaired) electrons. The normalized spacial score (nSPS) is 10.0. The fraction of sp³-hybridized carbons (Fsp3) is 0. The van der Waals surface area contributed by atoms with E-state index in [4.69, 9.17) is 23.2 Å². The highest BCUT2D eigenvalue weighted by Gasteiger charge is 2.08. The largest absolute Gasteiger partial charge is 0.306 e. The van der Waals surface area contributed by atoms with Crippen molar-refractivity contribution >= 4 is 34.9 Å². The molecule has 0 aliphatic carbocycles. The highest BCUT2D eigenvalue weighted by Crippen LogP contribution is 2.14. The summed E-state index contributed by atoms with van der Waals surface area (Å²) in [7, 11) is 0. The van der Waals surface area contributed by atoms with Crippen LogP contribution in [-0.4, -0.2) is 26.1 Å². The van der Waals surface area contributed by atoms with E-state index in [0.29, 0.717) is 5.56 Å². The lowest BCUT2D eigenvalue weighted by Crippen LogP contribution is -2.13. The molecule has 17 heavy (non-hydrogen) atoms. The average molecular weight is 270 g/mol. The van der Waals surface area contributed by atoms with Gasteiger partial charge in [0.1, 0.15) is 11.0 Å². The molecule has 1 amide bonds. The molecule has 0 atom stereocenters. The zero-order chi connectivity index (χ0) is 12.3. The van der Waals surface area contributed by atoms with Gasteiger partial charge < -0.3 is 5.32 Å². The molecule has 0 spiro atoms. The van der Waals surface area contributed by atoms with Crippen molar-refractivity contribution < 1.29 is 4.79 Å². The number of nitrogens with zero attached hydrogens (tertiary/aromatic N) is 4. The smallest absolute Gasteiger partial charge is 0.258 e. The maximum absolute atomic E-state index is 11.7. The molecule has 0 saturated carbocycles. The number of amides is 1. The second-order valence-corrected chi connectivity index (χ2v) is 3.66. The molecule has 2 aromatic heterocycles. The first kappa shape index (κ1) is 11.7. The fourth-order valence-electron chi connectivity index (χ4n) is 1.07. The van der Waals surface area contributed by atoms with Gasteiger partial charge >= 0.3 is 0 Å². The summed E-state index contributed by atoms with van der Waals surface area (Å²) < 4.78 is 0. The van der Waals surface area contributed by atoms with Crippen LogP contribution in [-0.2, 0) is 0 Å². The Hall–Kier alpha value is -1.79. The fourth-order valence-corrected chi connectivity index (χ4v) is 1.48. The Bertz CT molecular complexity index is 528. The van der Waals surface area contributed by atoms with Gasteiger partial charge in [0, 0.05) is 6.07 Å². The third kappa shape index (κ3) is 3.08. The number of aromatic nitrogens is 4.